The Morgan fingerprint density at radius 3 is 1.23 bits per heavy atom. The van der Waals surface area contributed by atoms with Gasteiger partial charge in [-0.25, -0.2) is 0 Å². The Morgan fingerprint density at radius 2 is 0.909 bits per heavy atom. The van der Waals surface area contributed by atoms with Crippen molar-refractivity contribution in [1.29, 1.82) is 0 Å². The molecule has 0 unspecified atom stereocenters. The van der Waals surface area contributed by atoms with Gasteiger partial charge in [-0.2, -0.15) is 14.0 Å². The maximum absolute atomic E-state index is 8.60. The third-order valence-corrected chi connectivity index (χ3v) is 3.41. The molecule has 0 aliphatic heterocycles. The van der Waals surface area contributed by atoms with Gasteiger partial charge in [0.25, 0.3) is 0 Å². The Morgan fingerprint density at radius 1 is 0.636 bits per heavy atom. The molecule has 0 heterocycles. The molecule has 0 aromatic heterocycles. The van der Waals surface area contributed by atoms with Crippen LogP contribution in [-0.2, 0) is 0 Å². The number of nitrogens with one attached hydrogen (secondary N) is 1. The first kappa shape index (κ1) is 24.3. The highest BCUT2D eigenvalue weighted by Gasteiger charge is 1.98. The van der Waals surface area contributed by atoms with Gasteiger partial charge in [-0.05, 0) is 25.9 Å². The predicted octanol–water partition coefficient (Wildman–Crippen LogP) is 1.17. The maximum Gasteiger partial charge on any atom is 0.0777 e. The van der Waals surface area contributed by atoms with Gasteiger partial charge < -0.3 is 5.32 Å². The molecular formula is C16H36ClNO4. The molecule has 5 nitrogen and oxygen atoms in total. The Kier molecular flexibility index (Phi) is 21.2. The van der Waals surface area contributed by atoms with Crippen molar-refractivity contribution in [3.05, 3.63) is 0 Å². The molecule has 0 aliphatic rings. The molecule has 0 aromatic carbocycles. The first-order chi connectivity index (χ1) is 10.4. The van der Waals surface area contributed by atoms with Crippen LogP contribution in [-0.4, -0.2) is 17.7 Å². The number of hydrogen-bond donors (Lipinski definition) is 2. The van der Waals surface area contributed by atoms with E-state index in [9.17, 15) is 0 Å². The van der Waals surface area contributed by atoms with Gasteiger partial charge in [0.2, 0.25) is 0 Å². The van der Waals surface area contributed by atoms with Crippen LogP contribution < -0.4 is 19.3 Å². The molecule has 0 radical (unpaired) electrons. The minimum Gasteiger partial charge on any atom is -0.317 e. The van der Waals surface area contributed by atoms with E-state index >= 15 is 0 Å². The summed E-state index contributed by atoms with van der Waals surface area (Å²) in [5, 5.41) is 3.57. The van der Waals surface area contributed by atoms with Crippen LogP contribution in [0.4, 0.5) is 0 Å². The first-order valence-corrected chi connectivity index (χ1v) is 10.0. The summed E-state index contributed by atoms with van der Waals surface area (Å²) in [6.07, 6.45) is 16.9. The van der Waals surface area contributed by atoms with E-state index in [1.165, 1.54) is 90.1 Å². The molecule has 0 saturated heterocycles. The zero-order valence-corrected chi connectivity index (χ0v) is 15.2. The minimum absolute atomic E-state index is 1.24. The molecule has 6 heteroatoms. The van der Waals surface area contributed by atoms with Gasteiger partial charge >= 0.3 is 0 Å². The molecule has 0 amide bonds. The van der Waals surface area contributed by atoms with Crippen molar-refractivity contribution in [2.24, 2.45) is 0 Å². The molecule has 2 N–H and O–H groups in total. The predicted molar refractivity (Wildman–Crippen MR) is 81.8 cm³/mol. The molecule has 0 saturated carbocycles. The van der Waals surface area contributed by atoms with Crippen molar-refractivity contribution < 1.29 is 28.9 Å². The van der Waals surface area contributed by atoms with E-state index < -0.39 is 10.2 Å². The lowest BCUT2D eigenvalue weighted by Gasteiger charge is -2.04. The number of hydrogen-bond acceptors (Lipinski definition) is 5. The smallest absolute Gasteiger partial charge is 0.0777 e. The summed E-state index contributed by atoms with van der Waals surface area (Å²) in [6.45, 7) is 7.03. The molecule has 22 heavy (non-hydrogen) atoms. The third kappa shape index (κ3) is 36.9. The van der Waals surface area contributed by atoms with E-state index in [0.29, 0.717) is 0 Å². The molecule has 0 fully saturated rings. The maximum atomic E-state index is 8.60. The zero-order chi connectivity index (χ0) is 17.1. The zero-order valence-electron chi connectivity index (χ0n) is 14.4. The Bertz CT molecular complexity index is 181. The Labute approximate surface area is 138 Å². The molecule has 0 bridgehead atoms. The second-order valence-electron chi connectivity index (χ2n) is 5.68. The summed E-state index contributed by atoms with van der Waals surface area (Å²) >= 11 is 0. The summed E-state index contributed by atoms with van der Waals surface area (Å²) in [5.41, 5.74) is 0. The lowest BCUT2D eigenvalue weighted by Crippen LogP contribution is -2.58. The molecule has 0 rings (SSSR count). The van der Waals surface area contributed by atoms with Crippen molar-refractivity contribution in [1.82, 2.24) is 5.32 Å². The van der Waals surface area contributed by atoms with Gasteiger partial charge in [-0.3, -0.25) is 0 Å². The van der Waals surface area contributed by atoms with E-state index in [1.807, 2.05) is 0 Å². The number of halogens is 1. The average molecular weight is 342 g/mol. The van der Waals surface area contributed by atoms with Crippen molar-refractivity contribution >= 4 is 0 Å². The second-order valence-corrected chi connectivity index (χ2v) is 6.47. The highest BCUT2D eigenvalue weighted by molar-refractivity contribution is 4.51. The average Bonchev–Trinajstić information content (AvgIpc) is 2.42. The summed E-state index contributed by atoms with van der Waals surface area (Å²) in [6, 6.07) is 0. The van der Waals surface area contributed by atoms with Gasteiger partial charge in [0.05, 0.1) is 14.9 Å². The van der Waals surface area contributed by atoms with Gasteiger partial charge in [0.1, 0.15) is 0 Å². The van der Waals surface area contributed by atoms with E-state index in [-0.39, 0.29) is 0 Å². The first-order valence-electron chi connectivity index (χ1n) is 8.75. The minimum atomic E-state index is -4.69. The second kappa shape index (κ2) is 19.1. The van der Waals surface area contributed by atoms with Crippen molar-refractivity contribution in [3.63, 3.8) is 0 Å². The molecule has 0 spiro atoms. The van der Waals surface area contributed by atoms with Gasteiger partial charge in [0, 0.05) is 0 Å². The summed E-state index contributed by atoms with van der Waals surface area (Å²) in [4.78, 5) is 0. The lowest BCUT2D eigenvalue weighted by atomic mass is 10.1. The normalized spacial score (nSPS) is 11.2. The fraction of sp³-hybridized carbons (Fsp3) is 1.00. The molecular weight excluding hydrogens is 306 g/mol. The molecule has 0 atom stereocenters. The van der Waals surface area contributed by atoms with Crippen LogP contribution in [0.15, 0.2) is 0 Å². The van der Waals surface area contributed by atoms with Crippen LogP contribution >= 0.6 is 0 Å². The molecule has 136 valence electrons. The van der Waals surface area contributed by atoms with Crippen LogP contribution in [0.5, 0.6) is 0 Å². The lowest BCUT2D eigenvalue weighted by molar-refractivity contribution is -1.92. The van der Waals surface area contributed by atoms with Gasteiger partial charge in [0.15, 0.2) is 0 Å². The van der Waals surface area contributed by atoms with E-state index in [2.05, 4.69) is 19.2 Å². The highest BCUT2D eigenvalue weighted by Crippen LogP contribution is 2.05. The van der Waals surface area contributed by atoms with E-state index in [4.69, 9.17) is 18.6 Å². The number of unbranched alkanes of at least 4 members (excludes halogenated alkanes) is 10. The third-order valence-electron chi connectivity index (χ3n) is 3.41. The van der Waals surface area contributed by atoms with Gasteiger partial charge in [-0.15, -0.1) is 0 Å². The highest BCUT2D eigenvalue weighted by atomic mass is 35.7. The summed E-state index contributed by atoms with van der Waals surface area (Å²) < 4.78 is 32.7. The van der Waals surface area contributed by atoms with Crippen LogP contribution in [0.3, 0.4) is 0 Å². The van der Waals surface area contributed by atoms with Crippen molar-refractivity contribution in [2.45, 2.75) is 90.9 Å². The number of rotatable bonds is 14. The Balaban J connectivity index is 0. The standard InChI is InChI=1S/C16H35N.ClHO4/c1-3-5-7-9-11-13-15-17-16-14-12-10-8-6-4-2;2-1(3,4)5/h17H,3-16H2,1-2H3;(H,2,3,4,5). The molecule has 0 aromatic rings. The fourth-order valence-electron chi connectivity index (χ4n) is 2.19. The fourth-order valence-corrected chi connectivity index (χ4v) is 2.19. The van der Waals surface area contributed by atoms with Crippen LogP contribution in [0, 0.1) is 10.2 Å². The van der Waals surface area contributed by atoms with Crippen molar-refractivity contribution in [3.8, 4) is 0 Å². The SMILES string of the molecule is CCCCCCCCNCCCCCCCC.[O-][Cl+3]([O-])([O-])O. The quantitative estimate of drug-likeness (QED) is 0.462. The monoisotopic (exact) mass is 341 g/mol. The molecule has 0 aliphatic carbocycles. The van der Waals surface area contributed by atoms with E-state index in [1.54, 1.807) is 0 Å². The van der Waals surface area contributed by atoms with Crippen molar-refractivity contribution in [2.75, 3.05) is 13.1 Å². The topological polar surface area (TPSA) is 101 Å². The van der Waals surface area contributed by atoms with Crippen LogP contribution in [0.1, 0.15) is 90.9 Å². The van der Waals surface area contributed by atoms with Crippen LogP contribution in [0.2, 0.25) is 0 Å². The van der Waals surface area contributed by atoms with Crippen LogP contribution in [0.25, 0.3) is 0 Å². The summed E-state index contributed by atoms with van der Waals surface area (Å²) in [5.74, 6) is 0. The Hall–Kier alpha value is 0.0900. The van der Waals surface area contributed by atoms with E-state index in [0.717, 1.165) is 0 Å². The van der Waals surface area contributed by atoms with Gasteiger partial charge in [-0.1, -0.05) is 78.1 Å². The largest absolute Gasteiger partial charge is 0.317 e. The summed E-state index contributed by atoms with van der Waals surface area (Å²) in [7, 11) is -4.69.